The van der Waals surface area contributed by atoms with Gasteiger partial charge in [-0.05, 0) is 18.2 Å². The Balaban J connectivity index is 2.10. The number of rotatable bonds is 4. The van der Waals surface area contributed by atoms with Gasteiger partial charge in [0.1, 0.15) is 5.75 Å². The van der Waals surface area contributed by atoms with E-state index in [0.29, 0.717) is 0 Å². The first-order valence-electron chi connectivity index (χ1n) is 5.01. The average molecular weight is 253 g/mol. The van der Waals surface area contributed by atoms with Crippen LogP contribution < -0.4 is 10.1 Å². The molecule has 0 aliphatic heterocycles. The van der Waals surface area contributed by atoms with Crippen LogP contribution in [0.1, 0.15) is 10.4 Å². The van der Waals surface area contributed by atoms with Crippen molar-refractivity contribution >= 4 is 11.9 Å². The lowest BCUT2D eigenvalue weighted by molar-refractivity contribution is -0.0498. The van der Waals surface area contributed by atoms with E-state index in [1.54, 1.807) is 6.20 Å². The second-order valence-corrected chi connectivity index (χ2v) is 3.30. The molecule has 2 aromatic rings. The largest absolute Gasteiger partial charge is 0.435 e. The summed E-state index contributed by atoms with van der Waals surface area (Å²) in [4.78, 5) is 18.2. The van der Waals surface area contributed by atoms with Crippen molar-refractivity contribution in [1.82, 2.24) is 9.97 Å². The molecule has 0 aliphatic rings. The van der Waals surface area contributed by atoms with E-state index in [9.17, 15) is 13.6 Å². The van der Waals surface area contributed by atoms with E-state index in [1.165, 1.54) is 30.5 Å². The SMILES string of the molecule is O=C(Nc1ncc[nH]1)c1cccc(OC(F)F)c1. The number of benzene rings is 1. The topological polar surface area (TPSA) is 67.0 Å². The number of hydrogen-bond donors (Lipinski definition) is 2. The summed E-state index contributed by atoms with van der Waals surface area (Å²) in [5.74, 6) is -0.262. The molecule has 0 saturated heterocycles. The van der Waals surface area contributed by atoms with Crippen molar-refractivity contribution in [2.24, 2.45) is 0 Å². The molecule has 2 N–H and O–H groups in total. The Morgan fingerprint density at radius 3 is 2.94 bits per heavy atom. The summed E-state index contributed by atoms with van der Waals surface area (Å²) >= 11 is 0. The summed E-state index contributed by atoms with van der Waals surface area (Å²) in [7, 11) is 0. The molecule has 2 rings (SSSR count). The molecule has 0 spiro atoms. The van der Waals surface area contributed by atoms with E-state index < -0.39 is 12.5 Å². The average Bonchev–Trinajstić information content (AvgIpc) is 2.81. The zero-order valence-corrected chi connectivity index (χ0v) is 9.06. The number of imidazole rings is 1. The standard InChI is InChI=1S/C11H9F2N3O2/c12-10(13)18-8-3-1-2-7(6-8)9(17)16-11-14-4-5-15-11/h1-6,10H,(H2,14,15,16,17). The number of hydrogen-bond acceptors (Lipinski definition) is 3. The molecule has 0 atom stereocenters. The maximum absolute atomic E-state index is 12.0. The van der Waals surface area contributed by atoms with Crippen molar-refractivity contribution in [3.8, 4) is 5.75 Å². The number of amides is 1. The Labute approximate surface area is 101 Å². The second-order valence-electron chi connectivity index (χ2n) is 3.30. The molecule has 1 heterocycles. The van der Waals surface area contributed by atoms with Crippen molar-refractivity contribution in [3.63, 3.8) is 0 Å². The first-order valence-corrected chi connectivity index (χ1v) is 5.01. The maximum atomic E-state index is 12.0. The van der Waals surface area contributed by atoms with Gasteiger partial charge in [0.2, 0.25) is 5.95 Å². The smallest absolute Gasteiger partial charge is 0.387 e. The second kappa shape index (κ2) is 5.26. The van der Waals surface area contributed by atoms with E-state index in [2.05, 4.69) is 20.0 Å². The van der Waals surface area contributed by atoms with Gasteiger partial charge >= 0.3 is 6.61 Å². The van der Waals surface area contributed by atoms with Crippen LogP contribution in [0, 0.1) is 0 Å². The third-order valence-electron chi connectivity index (χ3n) is 2.05. The summed E-state index contributed by atoms with van der Waals surface area (Å²) in [5, 5.41) is 2.47. The lowest BCUT2D eigenvalue weighted by atomic mass is 10.2. The van der Waals surface area contributed by atoms with Gasteiger partial charge in [-0.2, -0.15) is 8.78 Å². The number of nitrogens with one attached hydrogen (secondary N) is 2. The number of aromatic nitrogens is 2. The Morgan fingerprint density at radius 2 is 2.28 bits per heavy atom. The van der Waals surface area contributed by atoms with E-state index in [-0.39, 0.29) is 17.3 Å². The van der Waals surface area contributed by atoms with Gasteiger partial charge in [0.15, 0.2) is 0 Å². The fourth-order valence-corrected chi connectivity index (χ4v) is 1.33. The summed E-state index contributed by atoms with van der Waals surface area (Å²) in [5.41, 5.74) is 0.199. The molecular formula is C11H9F2N3O2. The molecule has 1 aromatic carbocycles. The van der Waals surface area contributed by atoms with E-state index >= 15 is 0 Å². The molecule has 0 aliphatic carbocycles. The molecule has 0 unspecified atom stereocenters. The molecule has 0 saturated carbocycles. The molecule has 1 amide bonds. The summed E-state index contributed by atoms with van der Waals surface area (Å²) in [6, 6.07) is 5.51. The van der Waals surface area contributed by atoms with Crippen LogP contribution >= 0.6 is 0 Å². The highest BCUT2D eigenvalue weighted by Gasteiger charge is 2.10. The van der Waals surface area contributed by atoms with Crippen molar-refractivity contribution in [1.29, 1.82) is 0 Å². The predicted octanol–water partition coefficient (Wildman–Crippen LogP) is 2.26. The monoisotopic (exact) mass is 253 g/mol. The highest BCUT2D eigenvalue weighted by molar-refractivity contribution is 6.03. The quantitative estimate of drug-likeness (QED) is 0.878. The Kier molecular flexibility index (Phi) is 3.52. The number of halogens is 2. The first kappa shape index (κ1) is 12.0. The number of aromatic amines is 1. The molecule has 1 aromatic heterocycles. The highest BCUT2D eigenvalue weighted by Crippen LogP contribution is 2.16. The minimum Gasteiger partial charge on any atom is -0.435 e. The van der Waals surface area contributed by atoms with Crippen molar-refractivity contribution < 1.29 is 18.3 Å². The Morgan fingerprint density at radius 1 is 1.44 bits per heavy atom. The molecular weight excluding hydrogens is 244 g/mol. The zero-order valence-electron chi connectivity index (χ0n) is 9.06. The van der Waals surface area contributed by atoms with E-state index in [1.807, 2.05) is 0 Å². The highest BCUT2D eigenvalue weighted by atomic mass is 19.3. The van der Waals surface area contributed by atoms with E-state index in [0.717, 1.165) is 0 Å². The van der Waals surface area contributed by atoms with Crippen LogP contribution in [-0.2, 0) is 0 Å². The number of H-pyrrole nitrogens is 1. The molecule has 5 nitrogen and oxygen atoms in total. The number of alkyl halides is 2. The van der Waals surface area contributed by atoms with Crippen LogP contribution in [0.25, 0.3) is 0 Å². The van der Waals surface area contributed by atoms with Gasteiger partial charge in [-0.25, -0.2) is 4.98 Å². The first-order chi connectivity index (χ1) is 8.65. The number of ether oxygens (including phenoxy) is 1. The molecule has 0 radical (unpaired) electrons. The van der Waals surface area contributed by atoms with Crippen LogP contribution in [0.4, 0.5) is 14.7 Å². The molecule has 7 heteroatoms. The van der Waals surface area contributed by atoms with Crippen LogP contribution in [0.3, 0.4) is 0 Å². The van der Waals surface area contributed by atoms with Gasteiger partial charge in [-0.1, -0.05) is 6.07 Å². The van der Waals surface area contributed by atoms with E-state index in [4.69, 9.17) is 0 Å². The molecule has 0 bridgehead atoms. The predicted molar refractivity (Wildman–Crippen MR) is 59.6 cm³/mol. The maximum Gasteiger partial charge on any atom is 0.387 e. The van der Waals surface area contributed by atoms with Gasteiger partial charge in [0, 0.05) is 18.0 Å². The Hall–Kier alpha value is -2.44. The van der Waals surface area contributed by atoms with Crippen molar-refractivity contribution in [2.75, 3.05) is 5.32 Å². The van der Waals surface area contributed by atoms with Crippen LogP contribution in [0.15, 0.2) is 36.7 Å². The molecule has 94 valence electrons. The summed E-state index contributed by atoms with van der Waals surface area (Å²) in [6.07, 6.45) is 3.03. The third kappa shape index (κ3) is 3.03. The Bertz CT molecular complexity index is 529. The lowest BCUT2D eigenvalue weighted by Crippen LogP contribution is -2.13. The number of carbonyl (C=O) groups excluding carboxylic acids is 1. The molecule has 0 fully saturated rings. The van der Waals surface area contributed by atoms with Crippen molar-refractivity contribution in [3.05, 3.63) is 42.2 Å². The zero-order chi connectivity index (χ0) is 13.0. The number of anilines is 1. The van der Waals surface area contributed by atoms with Gasteiger partial charge in [0.25, 0.3) is 5.91 Å². The summed E-state index contributed by atoms with van der Waals surface area (Å²) in [6.45, 7) is -2.92. The normalized spacial score (nSPS) is 10.4. The lowest BCUT2D eigenvalue weighted by Gasteiger charge is -2.06. The minimum absolute atomic E-state index is 0.0721. The van der Waals surface area contributed by atoms with Crippen LogP contribution in [-0.4, -0.2) is 22.5 Å². The van der Waals surface area contributed by atoms with Gasteiger partial charge in [-0.3, -0.25) is 10.1 Å². The van der Waals surface area contributed by atoms with Crippen LogP contribution in [0.5, 0.6) is 5.75 Å². The van der Waals surface area contributed by atoms with Crippen LogP contribution in [0.2, 0.25) is 0 Å². The minimum atomic E-state index is -2.92. The third-order valence-corrected chi connectivity index (χ3v) is 2.05. The van der Waals surface area contributed by atoms with Gasteiger partial charge < -0.3 is 9.72 Å². The molecule has 18 heavy (non-hydrogen) atoms. The van der Waals surface area contributed by atoms with Gasteiger partial charge in [0.05, 0.1) is 0 Å². The number of nitrogens with zero attached hydrogens (tertiary/aromatic N) is 1. The van der Waals surface area contributed by atoms with Crippen molar-refractivity contribution in [2.45, 2.75) is 6.61 Å². The number of carbonyl (C=O) groups is 1. The fourth-order valence-electron chi connectivity index (χ4n) is 1.33. The van der Waals surface area contributed by atoms with Gasteiger partial charge in [-0.15, -0.1) is 0 Å². The summed E-state index contributed by atoms with van der Waals surface area (Å²) < 4.78 is 28.2. The fraction of sp³-hybridized carbons (Fsp3) is 0.0909.